The monoisotopic (exact) mass is 506 g/mol. The second-order valence-electron chi connectivity index (χ2n) is 5.68. The standard InChI is InChI=1S/C16H18FNOS.C3H5NO2.C3H6.2C2H6.C2H2/c1-13(11-19-12-14-5-3-2-4-6-14)18-20-16-9-7-15(17)8-10-16;5-2-1-4-3-6;1-3-2;3*1-2/h2-10,13,18H,11-12H2,1H3;2-3H,1H2,(H,4,6);3H,1H2,2H3;2*1-2H3;1-2H/t13-;;;;;/m1...../s1. The molecule has 1 atom stereocenters. The molecule has 1 amide bonds. The first-order valence-electron chi connectivity index (χ1n) is 11.4. The summed E-state index contributed by atoms with van der Waals surface area (Å²) in [6, 6.07) is 16.7. The van der Waals surface area contributed by atoms with Gasteiger partial charge in [-0.05, 0) is 55.6 Å². The molecule has 0 spiro atoms. The molecular formula is C28H43FN2O3S. The molecular weight excluding hydrogens is 463 g/mol. The highest BCUT2D eigenvalue weighted by atomic mass is 32.2. The number of amides is 1. The molecule has 0 aliphatic heterocycles. The van der Waals surface area contributed by atoms with Gasteiger partial charge in [-0.2, -0.15) is 0 Å². The van der Waals surface area contributed by atoms with Crippen molar-refractivity contribution < 1.29 is 18.7 Å². The lowest BCUT2D eigenvalue weighted by Crippen LogP contribution is -2.24. The Balaban J connectivity index is -0.000000268. The number of carbonyl (C=O) groups excluding carboxylic acids is 2. The van der Waals surface area contributed by atoms with E-state index >= 15 is 0 Å². The number of halogens is 1. The van der Waals surface area contributed by atoms with E-state index in [2.05, 4.69) is 36.4 Å². The molecule has 0 saturated carbocycles. The highest BCUT2D eigenvalue weighted by Crippen LogP contribution is 2.15. The summed E-state index contributed by atoms with van der Waals surface area (Å²) in [7, 11) is 0. The van der Waals surface area contributed by atoms with E-state index in [1.165, 1.54) is 29.6 Å². The summed E-state index contributed by atoms with van der Waals surface area (Å²) in [6.45, 7) is 16.7. The number of terminal acetylenes is 1. The van der Waals surface area contributed by atoms with Crippen LogP contribution in [0.5, 0.6) is 0 Å². The SMILES string of the molecule is C#C.C=CC.CC.CC.C[C@H](COCc1ccccc1)NSc1ccc(F)cc1.O=CCNC=O. The smallest absolute Gasteiger partial charge is 0.207 e. The first-order valence-corrected chi connectivity index (χ1v) is 12.2. The largest absolute Gasteiger partial charge is 0.375 e. The van der Waals surface area contributed by atoms with E-state index < -0.39 is 0 Å². The molecule has 35 heavy (non-hydrogen) atoms. The van der Waals surface area contributed by atoms with Gasteiger partial charge < -0.3 is 14.8 Å². The van der Waals surface area contributed by atoms with Gasteiger partial charge in [0.15, 0.2) is 0 Å². The Kier molecular flexibility index (Phi) is 40.0. The van der Waals surface area contributed by atoms with Crippen LogP contribution in [0.3, 0.4) is 0 Å². The Morgan fingerprint density at radius 3 is 1.97 bits per heavy atom. The van der Waals surface area contributed by atoms with Crippen LogP contribution < -0.4 is 10.0 Å². The van der Waals surface area contributed by atoms with Gasteiger partial charge in [-0.15, -0.1) is 19.4 Å². The summed E-state index contributed by atoms with van der Waals surface area (Å²) < 4.78 is 21.7. The number of allylic oxidation sites excluding steroid dienone is 1. The molecule has 2 aromatic rings. The van der Waals surface area contributed by atoms with Crippen molar-refractivity contribution in [1.29, 1.82) is 0 Å². The van der Waals surface area contributed by atoms with Crippen molar-refractivity contribution in [3.05, 3.63) is 78.6 Å². The van der Waals surface area contributed by atoms with Crippen molar-refractivity contribution in [2.24, 2.45) is 0 Å². The van der Waals surface area contributed by atoms with Crippen LogP contribution in [0, 0.1) is 18.7 Å². The third-order valence-corrected chi connectivity index (χ3v) is 3.98. The minimum absolute atomic E-state index is 0.115. The quantitative estimate of drug-likeness (QED) is 0.127. The fourth-order valence-corrected chi connectivity index (χ4v) is 2.41. The topological polar surface area (TPSA) is 67.4 Å². The van der Waals surface area contributed by atoms with Gasteiger partial charge in [0.1, 0.15) is 12.1 Å². The number of hydrogen-bond acceptors (Lipinski definition) is 5. The molecule has 0 aliphatic rings. The minimum atomic E-state index is -0.214. The van der Waals surface area contributed by atoms with E-state index in [4.69, 9.17) is 4.74 Å². The Labute approximate surface area is 217 Å². The van der Waals surface area contributed by atoms with Crippen molar-refractivity contribution in [3.8, 4) is 12.8 Å². The zero-order chi connectivity index (χ0) is 27.7. The zero-order valence-electron chi connectivity index (χ0n) is 22.0. The predicted molar refractivity (Wildman–Crippen MR) is 150 cm³/mol. The van der Waals surface area contributed by atoms with Crippen LogP contribution in [0.25, 0.3) is 0 Å². The van der Waals surface area contributed by atoms with E-state index in [1.54, 1.807) is 18.2 Å². The molecule has 0 bridgehead atoms. The second kappa shape index (κ2) is 35.7. The first-order chi connectivity index (χ1) is 17.1. The van der Waals surface area contributed by atoms with Gasteiger partial charge >= 0.3 is 0 Å². The Hall–Kier alpha value is -2.92. The van der Waals surface area contributed by atoms with Gasteiger partial charge in [0, 0.05) is 10.9 Å². The number of hydrogen-bond donors (Lipinski definition) is 2. The predicted octanol–water partition coefficient (Wildman–Crippen LogP) is 6.45. The van der Waals surface area contributed by atoms with E-state index in [1.807, 2.05) is 65.0 Å². The summed E-state index contributed by atoms with van der Waals surface area (Å²) >= 11 is 1.49. The Bertz CT molecular complexity index is 703. The third-order valence-electron chi connectivity index (χ3n) is 2.96. The summed E-state index contributed by atoms with van der Waals surface area (Å²) in [5.74, 6) is -0.214. The molecule has 0 unspecified atom stereocenters. The number of nitrogens with one attached hydrogen (secondary N) is 2. The molecule has 2 rings (SSSR count). The molecule has 2 aromatic carbocycles. The summed E-state index contributed by atoms with van der Waals surface area (Å²) in [5, 5.41) is 2.15. The number of aldehydes is 1. The Morgan fingerprint density at radius 2 is 1.54 bits per heavy atom. The van der Waals surface area contributed by atoms with Gasteiger partial charge in [0.25, 0.3) is 0 Å². The molecule has 0 aromatic heterocycles. The van der Waals surface area contributed by atoms with Crippen LogP contribution in [0.4, 0.5) is 4.39 Å². The molecule has 7 heteroatoms. The van der Waals surface area contributed by atoms with Crippen molar-refractivity contribution in [3.63, 3.8) is 0 Å². The van der Waals surface area contributed by atoms with E-state index in [0.717, 1.165) is 4.90 Å². The highest BCUT2D eigenvalue weighted by molar-refractivity contribution is 7.97. The van der Waals surface area contributed by atoms with Crippen LogP contribution in [0.1, 0.15) is 47.1 Å². The van der Waals surface area contributed by atoms with E-state index in [9.17, 15) is 14.0 Å². The fourth-order valence-electron chi connectivity index (χ4n) is 1.73. The Morgan fingerprint density at radius 1 is 1.03 bits per heavy atom. The van der Waals surface area contributed by atoms with Crippen LogP contribution in [0.2, 0.25) is 0 Å². The van der Waals surface area contributed by atoms with E-state index in [0.29, 0.717) is 25.9 Å². The molecule has 0 radical (unpaired) electrons. The maximum atomic E-state index is 12.8. The number of carbonyl (C=O) groups is 2. The zero-order valence-corrected chi connectivity index (χ0v) is 22.8. The summed E-state index contributed by atoms with van der Waals surface area (Å²) in [4.78, 5) is 19.6. The maximum Gasteiger partial charge on any atom is 0.207 e. The van der Waals surface area contributed by atoms with Gasteiger partial charge in [-0.25, -0.2) is 4.39 Å². The lowest BCUT2D eigenvalue weighted by atomic mass is 10.2. The summed E-state index contributed by atoms with van der Waals surface area (Å²) in [5.41, 5.74) is 1.17. The molecule has 0 fully saturated rings. The van der Waals surface area contributed by atoms with Gasteiger partial charge in [-0.3, -0.25) is 9.52 Å². The fraction of sp³-hybridized carbons (Fsp3) is 0.357. The molecule has 5 nitrogen and oxygen atoms in total. The maximum absolute atomic E-state index is 12.8. The van der Waals surface area contributed by atoms with Gasteiger partial charge in [0.05, 0.1) is 19.8 Å². The van der Waals surface area contributed by atoms with Crippen LogP contribution in [0.15, 0.2) is 72.1 Å². The lowest BCUT2D eigenvalue weighted by molar-refractivity contribution is -0.113. The molecule has 0 heterocycles. The van der Waals surface area contributed by atoms with Crippen LogP contribution >= 0.6 is 11.9 Å². The first kappa shape index (κ1) is 39.3. The molecule has 2 N–H and O–H groups in total. The van der Waals surface area contributed by atoms with Crippen molar-refractivity contribution in [2.45, 2.75) is 59.1 Å². The molecule has 0 saturated heterocycles. The minimum Gasteiger partial charge on any atom is -0.375 e. The number of ether oxygens (including phenoxy) is 1. The van der Waals surface area contributed by atoms with Crippen molar-refractivity contribution in [1.82, 2.24) is 10.0 Å². The molecule has 0 aliphatic carbocycles. The van der Waals surface area contributed by atoms with Crippen LogP contribution in [-0.2, 0) is 20.9 Å². The number of rotatable bonds is 10. The number of benzene rings is 2. The van der Waals surface area contributed by atoms with Gasteiger partial charge in [-0.1, -0.05) is 64.1 Å². The average Bonchev–Trinajstić information content (AvgIpc) is 2.92. The van der Waals surface area contributed by atoms with Crippen molar-refractivity contribution >= 4 is 24.6 Å². The van der Waals surface area contributed by atoms with Crippen molar-refractivity contribution in [2.75, 3.05) is 13.2 Å². The summed E-state index contributed by atoms with van der Waals surface area (Å²) in [6.07, 6.45) is 10.8. The van der Waals surface area contributed by atoms with Crippen LogP contribution in [-0.4, -0.2) is 31.9 Å². The lowest BCUT2D eigenvalue weighted by Gasteiger charge is -2.13. The third kappa shape index (κ3) is 31.1. The van der Waals surface area contributed by atoms with Gasteiger partial charge in [0.2, 0.25) is 6.41 Å². The second-order valence-corrected chi connectivity index (χ2v) is 6.59. The molecule has 196 valence electrons. The van der Waals surface area contributed by atoms with E-state index in [-0.39, 0.29) is 18.4 Å². The normalized spacial score (nSPS) is 8.94. The average molecular weight is 507 g/mol. The highest BCUT2D eigenvalue weighted by Gasteiger charge is 2.03.